The van der Waals surface area contributed by atoms with E-state index < -0.39 is 37.3 Å². The minimum absolute atomic E-state index is 0.136. The average Bonchev–Trinajstić information content (AvgIpc) is 2.41. The van der Waals surface area contributed by atoms with E-state index in [1.54, 1.807) is 0 Å². The minimum Gasteiger partial charge on any atom is -0.299 e. The van der Waals surface area contributed by atoms with Crippen LogP contribution in [0.1, 0.15) is 12.8 Å². The van der Waals surface area contributed by atoms with Gasteiger partial charge in [-0.1, -0.05) is 12.1 Å². The van der Waals surface area contributed by atoms with E-state index in [1.807, 2.05) is 0 Å². The van der Waals surface area contributed by atoms with Crippen LogP contribution in [-0.2, 0) is 10.0 Å². The van der Waals surface area contributed by atoms with Crippen LogP contribution in [0.15, 0.2) is 29.2 Å². The molecular weight excluding hydrogens is 320 g/mol. The third-order valence-corrected chi connectivity index (χ3v) is 6.61. The first kappa shape index (κ1) is 16.2. The summed E-state index contributed by atoms with van der Waals surface area (Å²) in [5.74, 6) is 0.272. The van der Waals surface area contributed by atoms with Crippen molar-refractivity contribution in [1.29, 1.82) is 0 Å². The Kier molecular flexibility index (Phi) is 4.54. The van der Waals surface area contributed by atoms with Gasteiger partial charge in [-0.25, -0.2) is 13.1 Å². The molecule has 1 aliphatic heterocycles. The van der Waals surface area contributed by atoms with Crippen molar-refractivity contribution in [2.24, 2.45) is 0 Å². The fourth-order valence-electron chi connectivity index (χ4n) is 2.14. The van der Waals surface area contributed by atoms with E-state index in [1.165, 1.54) is 18.2 Å². The molecule has 8 nitrogen and oxygen atoms in total. The van der Waals surface area contributed by atoms with Crippen LogP contribution in [0, 0.1) is 10.1 Å². The zero-order chi connectivity index (χ0) is 15.7. The van der Waals surface area contributed by atoms with Gasteiger partial charge >= 0.3 is 0 Å². The van der Waals surface area contributed by atoms with Crippen molar-refractivity contribution in [2.45, 2.75) is 23.8 Å². The number of para-hydroxylation sites is 1. The first-order chi connectivity index (χ1) is 9.71. The van der Waals surface area contributed by atoms with Gasteiger partial charge in [0.1, 0.15) is 0 Å². The highest BCUT2D eigenvalue weighted by molar-refractivity contribution is 8.24. The summed E-state index contributed by atoms with van der Waals surface area (Å²) < 4.78 is 45.9. The molecule has 1 aromatic carbocycles. The van der Waals surface area contributed by atoms with Crippen molar-refractivity contribution in [1.82, 2.24) is 4.72 Å². The van der Waals surface area contributed by atoms with E-state index in [2.05, 4.69) is 4.72 Å². The molecular formula is C11H16N2O6S2. The van der Waals surface area contributed by atoms with Crippen LogP contribution in [0.25, 0.3) is 0 Å². The highest BCUT2D eigenvalue weighted by Gasteiger charge is 2.31. The normalized spacial score (nSPS) is 20.9. The molecule has 0 saturated carbocycles. The number of nitrogens with one attached hydrogen (secondary N) is 1. The molecule has 0 aromatic heterocycles. The van der Waals surface area contributed by atoms with Gasteiger partial charge in [-0.15, -0.1) is 0 Å². The van der Waals surface area contributed by atoms with Crippen LogP contribution >= 0.6 is 10.6 Å². The predicted molar refractivity (Wildman–Crippen MR) is 79.0 cm³/mol. The van der Waals surface area contributed by atoms with Gasteiger partial charge in [0.15, 0.2) is 4.90 Å². The molecule has 0 atom stereocenters. The lowest BCUT2D eigenvalue weighted by Gasteiger charge is -2.39. The lowest BCUT2D eigenvalue weighted by molar-refractivity contribution is -0.387. The standard InChI is InChI=1S/C11H16N2O6S2/c14-13(15)10-3-1-2-4-11(10)21(18,19)12-9-5-7-20(16,17)8-6-9/h1-4,9,12,16-17H,5-8H2. The molecule has 118 valence electrons. The summed E-state index contributed by atoms with van der Waals surface area (Å²) in [6, 6.07) is 4.67. The third-order valence-electron chi connectivity index (χ3n) is 3.26. The summed E-state index contributed by atoms with van der Waals surface area (Å²) >= 11 is 0. The van der Waals surface area contributed by atoms with Crippen LogP contribution in [0.4, 0.5) is 5.69 Å². The molecule has 10 heteroatoms. The highest BCUT2D eigenvalue weighted by Crippen LogP contribution is 2.44. The van der Waals surface area contributed by atoms with Crippen molar-refractivity contribution in [2.75, 3.05) is 11.5 Å². The Morgan fingerprint density at radius 3 is 2.38 bits per heavy atom. The molecule has 0 unspecified atom stereocenters. The van der Waals surface area contributed by atoms with E-state index >= 15 is 0 Å². The van der Waals surface area contributed by atoms with E-state index in [0.29, 0.717) is 12.8 Å². The molecule has 0 aliphatic carbocycles. The first-order valence-electron chi connectivity index (χ1n) is 6.21. The number of benzene rings is 1. The second-order valence-electron chi connectivity index (χ2n) is 4.83. The van der Waals surface area contributed by atoms with E-state index in [9.17, 15) is 27.6 Å². The van der Waals surface area contributed by atoms with Gasteiger partial charge < -0.3 is 0 Å². The molecule has 3 N–H and O–H groups in total. The Balaban J connectivity index is 2.18. The van der Waals surface area contributed by atoms with E-state index in [4.69, 9.17) is 0 Å². The second-order valence-corrected chi connectivity index (χ2v) is 8.93. The fraction of sp³-hybridized carbons (Fsp3) is 0.455. The molecule has 0 bridgehead atoms. The number of sulfonamides is 1. The monoisotopic (exact) mass is 336 g/mol. The lowest BCUT2D eigenvalue weighted by Crippen LogP contribution is -2.39. The predicted octanol–water partition coefficient (Wildman–Crippen LogP) is 1.79. The summed E-state index contributed by atoms with van der Waals surface area (Å²) in [7, 11) is -6.62. The zero-order valence-corrected chi connectivity index (χ0v) is 12.6. The van der Waals surface area contributed by atoms with Gasteiger partial charge in [0.2, 0.25) is 10.0 Å². The van der Waals surface area contributed by atoms with E-state index in [-0.39, 0.29) is 16.4 Å². The maximum Gasteiger partial charge on any atom is 0.289 e. The highest BCUT2D eigenvalue weighted by atomic mass is 32.3. The van der Waals surface area contributed by atoms with Crippen LogP contribution in [0.2, 0.25) is 0 Å². The van der Waals surface area contributed by atoms with Crippen LogP contribution in [-0.4, -0.2) is 40.0 Å². The number of rotatable bonds is 4. The molecule has 1 aliphatic rings. The van der Waals surface area contributed by atoms with Crippen molar-refractivity contribution in [3.05, 3.63) is 34.4 Å². The zero-order valence-electron chi connectivity index (χ0n) is 11.0. The van der Waals surface area contributed by atoms with Gasteiger partial charge in [0, 0.05) is 23.6 Å². The van der Waals surface area contributed by atoms with Gasteiger partial charge in [-0.05, 0) is 18.9 Å². The lowest BCUT2D eigenvalue weighted by atomic mass is 10.2. The number of hydrogen-bond acceptors (Lipinski definition) is 6. The quantitative estimate of drug-likeness (QED) is 0.567. The van der Waals surface area contributed by atoms with Crippen LogP contribution < -0.4 is 4.72 Å². The van der Waals surface area contributed by atoms with Crippen LogP contribution in [0.5, 0.6) is 0 Å². The number of nitro benzene ring substituents is 1. The summed E-state index contributed by atoms with van der Waals surface area (Å²) in [6.45, 7) is 0. The van der Waals surface area contributed by atoms with Gasteiger partial charge in [-0.2, -0.15) is 10.6 Å². The molecule has 0 radical (unpaired) electrons. The topological polar surface area (TPSA) is 130 Å². The Morgan fingerprint density at radius 1 is 1.24 bits per heavy atom. The molecule has 21 heavy (non-hydrogen) atoms. The molecule has 0 amide bonds. The Morgan fingerprint density at radius 2 is 1.81 bits per heavy atom. The SMILES string of the molecule is O=[N+]([O-])c1ccccc1S(=O)(=O)NC1CCS(O)(O)CC1. The summed E-state index contributed by atoms with van der Waals surface area (Å²) in [5.41, 5.74) is -0.481. The Bertz CT molecular complexity index is 636. The van der Waals surface area contributed by atoms with Crippen LogP contribution in [0.3, 0.4) is 0 Å². The third kappa shape index (κ3) is 3.92. The second kappa shape index (κ2) is 5.89. The molecule has 1 fully saturated rings. The molecule has 0 spiro atoms. The van der Waals surface area contributed by atoms with Crippen molar-refractivity contribution in [3.63, 3.8) is 0 Å². The largest absolute Gasteiger partial charge is 0.299 e. The fourth-order valence-corrected chi connectivity index (χ4v) is 5.15. The first-order valence-corrected chi connectivity index (χ1v) is 9.57. The van der Waals surface area contributed by atoms with E-state index in [0.717, 1.165) is 6.07 Å². The Labute approximate surface area is 123 Å². The number of hydrogen-bond donors (Lipinski definition) is 3. The maximum absolute atomic E-state index is 12.3. The molecule has 1 saturated heterocycles. The maximum atomic E-state index is 12.3. The summed E-state index contributed by atoms with van der Waals surface area (Å²) in [6.07, 6.45) is 0.588. The van der Waals surface area contributed by atoms with Gasteiger partial charge in [0.05, 0.1) is 4.92 Å². The van der Waals surface area contributed by atoms with Crippen molar-refractivity contribution >= 4 is 26.3 Å². The Hall–Kier alpha value is -1.20. The van der Waals surface area contributed by atoms with Crippen molar-refractivity contribution in [3.8, 4) is 0 Å². The summed E-state index contributed by atoms with van der Waals surface area (Å²) in [4.78, 5) is 9.77. The number of nitrogens with zero attached hydrogens (tertiary/aromatic N) is 1. The number of nitro groups is 1. The van der Waals surface area contributed by atoms with Crippen molar-refractivity contribution < 1.29 is 22.4 Å². The summed E-state index contributed by atoms with van der Waals surface area (Å²) in [5, 5.41) is 10.9. The molecule has 1 heterocycles. The molecule has 1 aromatic rings. The average molecular weight is 336 g/mol. The van der Waals surface area contributed by atoms with Gasteiger partial charge in [0.25, 0.3) is 5.69 Å². The molecule has 2 rings (SSSR count). The smallest absolute Gasteiger partial charge is 0.289 e. The minimum atomic E-state index is -4.02. The van der Waals surface area contributed by atoms with Gasteiger partial charge in [-0.3, -0.25) is 19.2 Å².